The highest BCUT2D eigenvalue weighted by Crippen LogP contribution is 2.30. The second kappa shape index (κ2) is 6.09. The third-order valence-electron chi connectivity index (χ3n) is 3.53. The lowest BCUT2D eigenvalue weighted by Crippen LogP contribution is -2.14. The van der Waals surface area contributed by atoms with E-state index in [0.29, 0.717) is 5.92 Å². The summed E-state index contributed by atoms with van der Waals surface area (Å²) in [4.78, 5) is 11.4. The Morgan fingerprint density at radius 3 is 2.27 bits per heavy atom. The molecule has 1 aliphatic carbocycles. The summed E-state index contributed by atoms with van der Waals surface area (Å²) < 4.78 is 0. The molecule has 1 saturated carbocycles. The molecule has 1 heteroatoms. The average molecular weight is 208 g/mol. The van der Waals surface area contributed by atoms with Crippen LogP contribution in [0.2, 0.25) is 0 Å². The van der Waals surface area contributed by atoms with E-state index >= 15 is 0 Å². The monoisotopic (exact) mass is 208 g/mol. The average Bonchev–Trinajstić information content (AvgIpc) is 2.26. The van der Waals surface area contributed by atoms with E-state index in [1.165, 1.54) is 32.1 Å². The maximum absolute atomic E-state index is 11.4. The Labute approximate surface area is 93.9 Å². The summed E-state index contributed by atoms with van der Waals surface area (Å²) in [7, 11) is 0. The van der Waals surface area contributed by atoms with E-state index in [1.807, 2.05) is 13.8 Å². The van der Waals surface area contributed by atoms with Gasteiger partial charge in [-0.3, -0.25) is 4.79 Å². The molecule has 0 heterocycles. The first-order valence-corrected chi connectivity index (χ1v) is 6.33. The van der Waals surface area contributed by atoms with Gasteiger partial charge in [-0.2, -0.15) is 0 Å². The molecular weight excluding hydrogens is 184 g/mol. The zero-order valence-electron chi connectivity index (χ0n) is 10.3. The van der Waals surface area contributed by atoms with Gasteiger partial charge in [0.15, 0.2) is 5.78 Å². The van der Waals surface area contributed by atoms with E-state index in [4.69, 9.17) is 0 Å². The van der Waals surface area contributed by atoms with Crippen molar-refractivity contribution in [3.8, 4) is 0 Å². The molecular formula is C14H24O. The first kappa shape index (κ1) is 12.5. The van der Waals surface area contributed by atoms with Gasteiger partial charge in [-0.25, -0.2) is 0 Å². The van der Waals surface area contributed by atoms with Crippen LogP contribution in [0.3, 0.4) is 0 Å². The molecule has 1 atom stereocenters. The second-order valence-electron chi connectivity index (χ2n) is 5.17. The van der Waals surface area contributed by atoms with Crippen LogP contribution in [-0.4, -0.2) is 5.78 Å². The maximum atomic E-state index is 11.4. The largest absolute Gasteiger partial charge is 0.295 e. The Kier molecular flexibility index (Phi) is 5.07. The normalized spacial score (nSPS) is 21.1. The van der Waals surface area contributed by atoms with Gasteiger partial charge in [-0.1, -0.05) is 46.1 Å². The third-order valence-corrected chi connectivity index (χ3v) is 3.53. The van der Waals surface area contributed by atoms with Crippen LogP contribution in [0, 0.1) is 17.8 Å². The van der Waals surface area contributed by atoms with E-state index in [9.17, 15) is 4.79 Å². The van der Waals surface area contributed by atoms with Gasteiger partial charge in [0.25, 0.3) is 0 Å². The van der Waals surface area contributed by atoms with Crippen molar-refractivity contribution in [2.45, 2.75) is 52.9 Å². The highest BCUT2D eigenvalue weighted by Gasteiger charge is 2.18. The summed E-state index contributed by atoms with van der Waals surface area (Å²) >= 11 is 0. The van der Waals surface area contributed by atoms with Crippen LogP contribution in [0.4, 0.5) is 0 Å². The van der Waals surface area contributed by atoms with Gasteiger partial charge < -0.3 is 0 Å². The van der Waals surface area contributed by atoms with Crippen molar-refractivity contribution in [1.82, 2.24) is 0 Å². The standard InChI is InChI=1S/C14H24O/c1-11(2)14(15)10-9-12(3)13-7-5-4-6-8-13/h9-13H,4-8H2,1-3H3/b10-9-. The van der Waals surface area contributed by atoms with E-state index in [-0.39, 0.29) is 11.7 Å². The van der Waals surface area contributed by atoms with Gasteiger partial charge in [-0.15, -0.1) is 0 Å². The van der Waals surface area contributed by atoms with Crippen molar-refractivity contribution in [2.24, 2.45) is 17.8 Å². The minimum Gasteiger partial charge on any atom is -0.295 e. The van der Waals surface area contributed by atoms with Crippen LogP contribution in [0.25, 0.3) is 0 Å². The Balaban J connectivity index is 2.39. The van der Waals surface area contributed by atoms with Crippen molar-refractivity contribution < 1.29 is 4.79 Å². The van der Waals surface area contributed by atoms with Crippen LogP contribution < -0.4 is 0 Å². The highest BCUT2D eigenvalue weighted by atomic mass is 16.1. The first-order valence-electron chi connectivity index (χ1n) is 6.33. The van der Waals surface area contributed by atoms with Crippen molar-refractivity contribution in [3.63, 3.8) is 0 Å². The molecule has 0 aromatic heterocycles. The van der Waals surface area contributed by atoms with E-state index in [2.05, 4.69) is 13.0 Å². The minimum absolute atomic E-state index is 0.139. The van der Waals surface area contributed by atoms with Crippen LogP contribution in [0.5, 0.6) is 0 Å². The zero-order chi connectivity index (χ0) is 11.3. The molecule has 0 N–H and O–H groups in total. The highest BCUT2D eigenvalue weighted by molar-refractivity contribution is 5.91. The fraction of sp³-hybridized carbons (Fsp3) is 0.786. The van der Waals surface area contributed by atoms with Gasteiger partial charge in [0.2, 0.25) is 0 Å². The maximum Gasteiger partial charge on any atom is 0.157 e. The van der Waals surface area contributed by atoms with Gasteiger partial charge in [0, 0.05) is 5.92 Å². The number of hydrogen-bond acceptors (Lipinski definition) is 1. The summed E-state index contributed by atoms with van der Waals surface area (Å²) in [5, 5.41) is 0. The number of carbonyl (C=O) groups is 1. The Morgan fingerprint density at radius 1 is 1.13 bits per heavy atom. The van der Waals surface area contributed by atoms with Gasteiger partial charge >= 0.3 is 0 Å². The van der Waals surface area contributed by atoms with Gasteiger partial charge in [-0.05, 0) is 30.8 Å². The molecule has 86 valence electrons. The second-order valence-corrected chi connectivity index (χ2v) is 5.17. The number of rotatable bonds is 4. The molecule has 0 saturated heterocycles. The summed E-state index contributed by atoms with van der Waals surface area (Å²) in [6.07, 6.45) is 10.8. The molecule has 0 aromatic carbocycles. The van der Waals surface area contributed by atoms with Crippen molar-refractivity contribution in [2.75, 3.05) is 0 Å². The number of hydrogen-bond donors (Lipinski definition) is 0. The number of carbonyl (C=O) groups excluding carboxylic acids is 1. The predicted octanol–water partition coefficient (Wildman–Crippen LogP) is 3.98. The fourth-order valence-electron chi connectivity index (χ4n) is 2.26. The van der Waals surface area contributed by atoms with Crippen LogP contribution in [-0.2, 0) is 4.79 Å². The SMILES string of the molecule is CC(C)C(=O)/C=C\C(C)C1CCCCC1. The number of ketones is 1. The predicted molar refractivity (Wildman–Crippen MR) is 64.7 cm³/mol. The minimum atomic E-state index is 0.139. The van der Waals surface area contributed by atoms with Crippen LogP contribution in [0.1, 0.15) is 52.9 Å². The molecule has 0 spiro atoms. The lowest BCUT2D eigenvalue weighted by molar-refractivity contribution is -0.117. The van der Waals surface area contributed by atoms with Crippen LogP contribution >= 0.6 is 0 Å². The summed E-state index contributed by atoms with van der Waals surface area (Å²) in [6, 6.07) is 0. The Hall–Kier alpha value is -0.590. The topological polar surface area (TPSA) is 17.1 Å². The molecule has 1 unspecified atom stereocenters. The van der Waals surface area contributed by atoms with Gasteiger partial charge in [0.05, 0.1) is 0 Å². The molecule has 0 radical (unpaired) electrons. The molecule has 15 heavy (non-hydrogen) atoms. The summed E-state index contributed by atoms with van der Waals surface area (Å²) in [5.41, 5.74) is 0. The first-order chi connectivity index (χ1) is 7.11. The van der Waals surface area contributed by atoms with Gasteiger partial charge in [0.1, 0.15) is 0 Å². The summed E-state index contributed by atoms with van der Waals surface area (Å²) in [5.74, 6) is 1.79. The molecule has 0 amide bonds. The Morgan fingerprint density at radius 2 is 1.73 bits per heavy atom. The molecule has 1 nitrogen and oxygen atoms in total. The molecule has 1 fully saturated rings. The third kappa shape index (κ3) is 4.19. The van der Waals surface area contributed by atoms with Crippen LogP contribution in [0.15, 0.2) is 12.2 Å². The lowest BCUT2D eigenvalue weighted by atomic mass is 9.80. The van der Waals surface area contributed by atoms with Crippen molar-refractivity contribution in [1.29, 1.82) is 0 Å². The zero-order valence-corrected chi connectivity index (χ0v) is 10.3. The lowest BCUT2D eigenvalue weighted by Gasteiger charge is -2.25. The fourth-order valence-corrected chi connectivity index (χ4v) is 2.26. The van der Waals surface area contributed by atoms with E-state index < -0.39 is 0 Å². The summed E-state index contributed by atoms with van der Waals surface area (Å²) in [6.45, 7) is 6.16. The number of allylic oxidation sites excluding steroid dienone is 2. The molecule has 0 aliphatic heterocycles. The van der Waals surface area contributed by atoms with E-state index in [1.54, 1.807) is 6.08 Å². The Bertz CT molecular complexity index is 221. The van der Waals surface area contributed by atoms with Crippen molar-refractivity contribution >= 4 is 5.78 Å². The smallest absolute Gasteiger partial charge is 0.157 e. The molecule has 1 rings (SSSR count). The molecule has 0 bridgehead atoms. The molecule has 1 aliphatic rings. The quantitative estimate of drug-likeness (QED) is 0.639. The van der Waals surface area contributed by atoms with E-state index in [0.717, 1.165) is 5.92 Å². The molecule has 0 aromatic rings. The van der Waals surface area contributed by atoms with Crippen molar-refractivity contribution in [3.05, 3.63) is 12.2 Å².